The van der Waals surface area contributed by atoms with Gasteiger partial charge < -0.3 is 9.64 Å². The minimum Gasteiger partial charge on any atom is -0.380 e. The lowest BCUT2D eigenvalue weighted by Crippen LogP contribution is -2.30. The third-order valence-corrected chi connectivity index (χ3v) is 3.93. The highest BCUT2D eigenvalue weighted by atomic mass is 79.9. The Morgan fingerprint density at radius 3 is 2.89 bits per heavy atom. The Morgan fingerprint density at radius 1 is 1.53 bits per heavy atom. The van der Waals surface area contributed by atoms with Crippen molar-refractivity contribution in [2.75, 3.05) is 31.7 Å². The first kappa shape index (κ1) is 14.0. The monoisotopic (exact) mass is 324 g/mol. The highest BCUT2D eigenvalue weighted by Gasteiger charge is 2.18. The van der Waals surface area contributed by atoms with Gasteiger partial charge in [-0.3, -0.25) is 0 Å². The Hall–Kier alpha value is -1.38. The molecule has 0 amide bonds. The molecular formula is C14H14BrFN2O. The molecule has 0 saturated heterocycles. The van der Waals surface area contributed by atoms with Gasteiger partial charge in [-0.2, -0.15) is 5.26 Å². The summed E-state index contributed by atoms with van der Waals surface area (Å²) in [6, 6.07) is 5.25. The number of anilines is 1. The molecule has 100 valence electrons. The molecule has 0 saturated carbocycles. The van der Waals surface area contributed by atoms with Gasteiger partial charge in [-0.25, -0.2) is 4.39 Å². The number of benzene rings is 1. The summed E-state index contributed by atoms with van der Waals surface area (Å²) in [4.78, 5) is 1.96. The van der Waals surface area contributed by atoms with E-state index in [4.69, 9.17) is 10.00 Å². The average Bonchev–Trinajstić information content (AvgIpc) is 2.43. The average molecular weight is 325 g/mol. The molecule has 1 heterocycles. The maximum absolute atomic E-state index is 14.2. The molecule has 5 heteroatoms. The minimum atomic E-state index is -0.373. The molecule has 0 aromatic heterocycles. The Balaban J connectivity index is 2.21. The van der Waals surface area contributed by atoms with E-state index in [-0.39, 0.29) is 10.3 Å². The van der Waals surface area contributed by atoms with Crippen LogP contribution in [0.15, 0.2) is 28.3 Å². The van der Waals surface area contributed by atoms with E-state index in [0.717, 1.165) is 13.0 Å². The number of rotatable bonds is 3. The molecule has 0 N–H and O–H groups in total. The van der Waals surface area contributed by atoms with E-state index in [1.165, 1.54) is 5.57 Å². The number of hydrogen-bond donors (Lipinski definition) is 0. The van der Waals surface area contributed by atoms with Crippen LogP contribution in [0.5, 0.6) is 0 Å². The molecule has 0 radical (unpaired) electrons. The van der Waals surface area contributed by atoms with Gasteiger partial charge in [0.25, 0.3) is 0 Å². The first-order valence-corrected chi connectivity index (χ1v) is 6.76. The highest BCUT2D eigenvalue weighted by Crippen LogP contribution is 2.30. The van der Waals surface area contributed by atoms with Crippen molar-refractivity contribution >= 4 is 21.6 Å². The van der Waals surface area contributed by atoms with Gasteiger partial charge in [-0.15, -0.1) is 0 Å². The van der Waals surface area contributed by atoms with E-state index < -0.39 is 0 Å². The maximum atomic E-state index is 14.2. The van der Waals surface area contributed by atoms with Crippen molar-refractivity contribution < 1.29 is 9.13 Å². The predicted molar refractivity (Wildman–Crippen MR) is 75.6 cm³/mol. The molecule has 1 aliphatic rings. The first-order valence-electron chi connectivity index (χ1n) is 5.97. The topological polar surface area (TPSA) is 36.3 Å². The maximum Gasteiger partial charge on any atom is 0.161 e. The molecule has 0 fully saturated rings. The van der Waals surface area contributed by atoms with Gasteiger partial charge in [0, 0.05) is 20.2 Å². The van der Waals surface area contributed by atoms with E-state index >= 15 is 0 Å². The summed E-state index contributed by atoms with van der Waals surface area (Å²) in [6.07, 6.45) is 2.93. The third kappa shape index (κ3) is 2.96. The van der Waals surface area contributed by atoms with Crippen LogP contribution in [0.4, 0.5) is 10.1 Å². The number of hydrogen-bond acceptors (Lipinski definition) is 3. The summed E-state index contributed by atoms with van der Waals surface area (Å²) in [7, 11) is 1.67. The summed E-state index contributed by atoms with van der Waals surface area (Å²) in [6.45, 7) is 2.05. The van der Waals surface area contributed by atoms with Crippen molar-refractivity contribution in [3.8, 4) is 6.07 Å². The number of halogens is 2. The van der Waals surface area contributed by atoms with Gasteiger partial charge in [0.05, 0.1) is 22.3 Å². The van der Waals surface area contributed by atoms with E-state index in [1.807, 2.05) is 11.0 Å². The van der Waals surface area contributed by atoms with Crippen LogP contribution in [-0.4, -0.2) is 26.8 Å². The van der Waals surface area contributed by atoms with Gasteiger partial charge in [-0.1, -0.05) is 6.08 Å². The molecule has 0 unspecified atom stereocenters. The van der Waals surface area contributed by atoms with Crippen LogP contribution in [0.2, 0.25) is 0 Å². The van der Waals surface area contributed by atoms with Crippen LogP contribution in [0, 0.1) is 17.1 Å². The molecule has 0 aliphatic carbocycles. The Kier molecular flexibility index (Phi) is 4.56. The van der Waals surface area contributed by atoms with Crippen molar-refractivity contribution in [2.45, 2.75) is 6.42 Å². The van der Waals surface area contributed by atoms with Gasteiger partial charge in [0.2, 0.25) is 0 Å². The van der Waals surface area contributed by atoms with Crippen LogP contribution in [0.3, 0.4) is 0 Å². The summed E-state index contributed by atoms with van der Waals surface area (Å²) >= 11 is 3.13. The zero-order chi connectivity index (χ0) is 13.8. The summed E-state index contributed by atoms with van der Waals surface area (Å²) in [5, 5.41) is 8.85. The van der Waals surface area contributed by atoms with Crippen molar-refractivity contribution in [1.82, 2.24) is 0 Å². The molecule has 3 nitrogen and oxygen atoms in total. The van der Waals surface area contributed by atoms with Crippen LogP contribution in [0.25, 0.3) is 0 Å². The highest BCUT2D eigenvalue weighted by molar-refractivity contribution is 9.10. The minimum absolute atomic E-state index is 0.235. The molecule has 0 bridgehead atoms. The quantitative estimate of drug-likeness (QED) is 0.801. The number of nitriles is 1. The van der Waals surface area contributed by atoms with Crippen molar-refractivity contribution in [2.24, 2.45) is 0 Å². The van der Waals surface area contributed by atoms with E-state index in [9.17, 15) is 4.39 Å². The van der Waals surface area contributed by atoms with Crippen molar-refractivity contribution in [1.29, 1.82) is 5.26 Å². The van der Waals surface area contributed by atoms with Crippen LogP contribution >= 0.6 is 15.9 Å². The lowest BCUT2D eigenvalue weighted by atomic mass is 10.1. The fourth-order valence-electron chi connectivity index (χ4n) is 2.12. The van der Waals surface area contributed by atoms with E-state index in [1.54, 1.807) is 19.2 Å². The molecule has 0 atom stereocenters. The van der Waals surface area contributed by atoms with Gasteiger partial charge >= 0.3 is 0 Å². The van der Waals surface area contributed by atoms with E-state index in [2.05, 4.69) is 22.0 Å². The summed E-state index contributed by atoms with van der Waals surface area (Å²) < 4.78 is 19.5. The smallest absolute Gasteiger partial charge is 0.161 e. The number of nitrogens with zero attached hydrogens (tertiary/aromatic N) is 2. The van der Waals surface area contributed by atoms with Gasteiger partial charge in [0.1, 0.15) is 6.07 Å². The second kappa shape index (κ2) is 6.18. The normalized spacial score (nSPS) is 15.1. The second-order valence-electron chi connectivity index (χ2n) is 4.36. The Morgan fingerprint density at radius 2 is 2.32 bits per heavy atom. The molecular weight excluding hydrogens is 311 g/mol. The van der Waals surface area contributed by atoms with Crippen LogP contribution in [0.1, 0.15) is 12.0 Å². The zero-order valence-electron chi connectivity index (χ0n) is 10.6. The SMILES string of the molecule is COCC1=CCN(c2ccc(C#N)c(Br)c2F)CC1. The summed E-state index contributed by atoms with van der Waals surface area (Å²) in [5.41, 5.74) is 2.08. The van der Waals surface area contributed by atoms with Crippen molar-refractivity contribution in [3.05, 3.63) is 39.6 Å². The lowest BCUT2D eigenvalue weighted by Gasteiger charge is -2.29. The van der Waals surface area contributed by atoms with Crippen LogP contribution < -0.4 is 4.90 Å². The summed E-state index contributed by atoms with van der Waals surface area (Å²) in [5.74, 6) is -0.373. The Bertz CT molecular complexity index is 551. The standard InChI is InChI=1S/C14H14BrFN2O/c1-19-9-10-4-6-18(7-5-10)12-3-2-11(8-17)13(15)14(12)16/h2-4H,5-7,9H2,1H3. The molecule has 1 aromatic carbocycles. The van der Waals surface area contributed by atoms with Gasteiger partial charge in [-0.05, 0) is 40.1 Å². The Labute approximate surface area is 120 Å². The largest absolute Gasteiger partial charge is 0.380 e. The third-order valence-electron chi connectivity index (χ3n) is 3.16. The molecule has 1 aromatic rings. The van der Waals surface area contributed by atoms with Crippen LogP contribution in [-0.2, 0) is 4.74 Å². The van der Waals surface area contributed by atoms with Gasteiger partial charge in [0.15, 0.2) is 5.82 Å². The molecule has 2 rings (SSSR count). The fourth-order valence-corrected chi connectivity index (χ4v) is 2.54. The number of ether oxygens (including phenoxy) is 1. The molecule has 1 aliphatic heterocycles. The predicted octanol–water partition coefficient (Wildman–Crippen LogP) is 3.24. The second-order valence-corrected chi connectivity index (χ2v) is 5.16. The number of methoxy groups -OCH3 is 1. The molecule has 0 spiro atoms. The lowest BCUT2D eigenvalue weighted by molar-refractivity contribution is 0.222. The zero-order valence-corrected chi connectivity index (χ0v) is 12.2. The fraction of sp³-hybridized carbons (Fsp3) is 0.357. The first-order chi connectivity index (χ1) is 9.17. The van der Waals surface area contributed by atoms with E-state index in [0.29, 0.717) is 24.4 Å². The van der Waals surface area contributed by atoms with Crippen molar-refractivity contribution in [3.63, 3.8) is 0 Å². The molecule has 19 heavy (non-hydrogen) atoms.